The standard InChI is InChI=1S/C29H31NO/c1-30(2)28(20-25-17-18-26-15-9-10-16-27(26)19-25)29(31,21-23-11-5-3-6-12-23)22-24-13-7-4-8-14-24/h3-19,28,31H,20-22H2,1-2H3. The quantitative estimate of drug-likeness (QED) is 0.414. The molecule has 1 unspecified atom stereocenters. The lowest BCUT2D eigenvalue weighted by molar-refractivity contribution is -0.0329. The van der Waals surface area contributed by atoms with Crippen molar-refractivity contribution in [2.75, 3.05) is 14.1 Å². The van der Waals surface area contributed by atoms with Gasteiger partial charge in [-0.2, -0.15) is 0 Å². The topological polar surface area (TPSA) is 23.5 Å². The number of hydrogen-bond donors (Lipinski definition) is 1. The van der Waals surface area contributed by atoms with Crippen molar-refractivity contribution in [2.24, 2.45) is 0 Å². The molecule has 2 heteroatoms. The monoisotopic (exact) mass is 409 g/mol. The first-order chi connectivity index (χ1) is 15.0. The van der Waals surface area contributed by atoms with Gasteiger partial charge in [-0.15, -0.1) is 0 Å². The van der Waals surface area contributed by atoms with Gasteiger partial charge >= 0.3 is 0 Å². The van der Waals surface area contributed by atoms with Gasteiger partial charge in [0.1, 0.15) is 0 Å². The van der Waals surface area contributed by atoms with Crippen LogP contribution in [0, 0.1) is 0 Å². The molecule has 158 valence electrons. The lowest BCUT2D eigenvalue weighted by Crippen LogP contribution is -2.54. The number of aliphatic hydroxyl groups is 1. The van der Waals surface area contributed by atoms with Gasteiger partial charge in [0.25, 0.3) is 0 Å². The van der Waals surface area contributed by atoms with E-state index in [9.17, 15) is 5.11 Å². The minimum Gasteiger partial charge on any atom is -0.388 e. The highest BCUT2D eigenvalue weighted by molar-refractivity contribution is 5.83. The van der Waals surface area contributed by atoms with Gasteiger partial charge in [-0.25, -0.2) is 0 Å². The summed E-state index contributed by atoms with van der Waals surface area (Å²) in [6.45, 7) is 0. The van der Waals surface area contributed by atoms with Crippen molar-refractivity contribution in [3.63, 3.8) is 0 Å². The molecule has 31 heavy (non-hydrogen) atoms. The fourth-order valence-corrected chi connectivity index (χ4v) is 4.64. The Bertz CT molecular complexity index is 1060. The summed E-state index contributed by atoms with van der Waals surface area (Å²) < 4.78 is 0. The number of fused-ring (bicyclic) bond motifs is 1. The maximum absolute atomic E-state index is 12.2. The summed E-state index contributed by atoms with van der Waals surface area (Å²) >= 11 is 0. The molecular weight excluding hydrogens is 378 g/mol. The molecule has 1 atom stereocenters. The van der Waals surface area contributed by atoms with Crippen LogP contribution in [-0.4, -0.2) is 35.7 Å². The van der Waals surface area contributed by atoms with Crippen LogP contribution in [-0.2, 0) is 19.3 Å². The number of benzene rings is 4. The molecule has 4 rings (SSSR count). The van der Waals surface area contributed by atoms with Crippen LogP contribution in [0.4, 0.5) is 0 Å². The molecule has 0 amide bonds. The summed E-state index contributed by atoms with van der Waals surface area (Å²) in [5.74, 6) is 0. The second-order valence-corrected chi connectivity index (χ2v) is 8.79. The highest BCUT2D eigenvalue weighted by Gasteiger charge is 2.38. The molecule has 0 bridgehead atoms. The van der Waals surface area contributed by atoms with Crippen LogP contribution in [0.15, 0.2) is 103 Å². The van der Waals surface area contributed by atoms with Gasteiger partial charge in [-0.3, -0.25) is 0 Å². The van der Waals surface area contributed by atoms with E-state index in [2.05, 4.69) is 85.7 Å². The Morgan fingerprint density at radius 1 is 0.645 bits per heavy atom. The van der Waals surface area contributed by atoms with E-state index in [1.54, 1.807) is 0 Å². The predicted molar refractivity (Wildman–Crippen MR) is 130 cm³/mol. The summed E-state index contributed by atoms with van der Waals surface area (Å²) in [5.41, 5.74) is 2.66. The molecule has 0 aromatic heterocycles. The van der Waals surface area contributed by atoms with E-state index in [4.69, 9.17) is 0 Å². The minimum absolute atomic E-state index is 0.0333. The predicted octanol–water partition coefficient (Wildman–Crippen LogP) is 5.53. The zero-order valence-corrected chi connectivity index (χ0v) is 18.4. The second-order valence-electron chi connectivity index (χ2n) is 8.79. The molecular formula is C29H31NO. The first kappa shape index (κ1) is 21.3. The molecule has 0 fully saturated rings. The Hall–Kier alpha value is -2.94. The molecule has 0 saturated carbocycles. The van der Waals surface area contributed by atoms with Gasteiger partial charge in [-0.1, -0.05) is 103 Å². The molecule has 1 N–H and O–H groups in total. The summed E-state index contributed by atoms with van der Waals surface area (Å²) in [4.78, 5) is 2.18. The molecule has 4 aromatic carbocycles. The van der Waals surface area contributed by atoms with E-state index in [-0.39, 0.29) is 6.04 Å². The van der Waals surface area contributed by atoms with Crippen molar-refractivity contribution < 1.29 is 5.11 Å². The lowest BCUT2D eigenvalue weighted by atomic mass is 9.78. The number of likely N-dealkylation sites (N-methyl/N-ethyl adjacent to an activating group) is 1. The van der Waals surface area contributed by atoms with Crippen LogP contribution in [0.3, 0.4) is 0 Å². The second kappa shape index (κ2) is 9.47. The Labute approximate surface area is 185 Å². The van der Waals surface area contributed by atoms with Crippen molar-refractivity contribution in [3.8, 4) is 0 Å². The van der Waals surface area contributed by atoms with E-state index < -0.39 is 5.60 Å². The molecule has 0 radical (unpaired) electrons. The summed E-state index contributed by atoms with van der Waals surface area (Å²) in [6, 6.07) is 35.7. The van der Waals surface area contributed by atoms with Gasteiger partial charge in [0.15, 0.2) is 0 Å². The highest BCUT2D eigenvalue weighted by atomic mass is 16.3. The van der Waals surface area contributed by atoms with Crippen LogP contribution < -0.4 is 0 Å². The summed E-state index contributed by atoms with van der Waals surface area (Å²) in [5, 5.41) is 14.7. The van der Waals surface area contributed by atoms with E-state index >= 15 is 0 Å². The third-order valence-electron chi connectivity index (χ3n) is 6.19. The zero-order valence-electron chi connectivity index (χ0n) is 18.4. The van der Waals surface area contributed by atoms with Crippen LogP contribution in [0.1, 0.15) is 16.7 Å². The van der Waals surface area contributed by atoms with E-state index in [1.807, 2.05) is 36.4 Å². The molecule has 0 aliphatic heterocycles. The first-order valence-electron chi connectivity index (χ1n) is 11.0. The van der Waals surface area contributed by atoms with Crippen molar-refractivity contribution >= 4 is 10.8 Å². The van der Waals surface area contributed by atoms with Crippen molar-refractivity contribution in [2.45, 2.75) is 30.9 Å². The van der Waals surface area contributed by atoms with Crippen molar-refractivity contribution in [1.82, 2.24) is 4.90 Å². The zero-order chi connectivity index (χ0) is 21.7. The molecule has 0 saturated heterocycles. The van der Waals surface area contributed by atoms with Gasteiger partial charge in [0, 0.05) is 18.9 Å². The fourth-order valence-electron chi connectivity index (χ4n) is 4.64. The van der Waals surface area contributed by atoms with Crippen LogP contribution >= 0.6 is 0 Å². The third-order valence-corrected chi connectivity index (χ3v) is 6.19. The maximum atomic E-state index is 12.2. The van der Waals surface area contributed by atoms with E-state index in [0.29, 0.717) is 12.8 Å². The SMILES string of the molecule is CN(C)C(Cc1ccc2ccccc2c1)C(O)(Cc1ccccc1)Cc1ccccc1. The van der Waals surface area contributed by atoms with E-state index in [0.717, 1.165) is 17.5 Å². The Balaban J connectivity index is 1.69. The molecule has 0 aliphatic rings. The molecule has 0 spiro atoms. The van der Waals surface area contributed by atoms with Crippen LogP contribution in [0.5, 0.6) is 0 Å². The number of rotatable bonds is 8. The third kappa shape index (κ3) is 5.22. The van der Waals surface area contributed by atoms with Gasteiger partial charge < -0.3 is 10.0 Å². The van der Waals surface area contributed by atoms with Gasteiger partial charge in [0.05, 0.1) is 5.60 Å². The average Bonchev–Trinajstić information content (AvgIpc) is 2.78. The normalized spacial score (nSPS) is 12.9. The largest absolute Gasteiger partial charge is 0.388 e. The number of nitrogens with zero attached hydrogens (tertiary/aromatic N) is 1. The Kier molecular flexibility index (Phi) is 6.50. The first-order valence-corrected chi connectivity index (χ1v) is 11.0. The molecule has 4 aromatic rings. The number of hydrogen-bond acceptors (Lipinski definition) is 2. The lowest BCUT2D eigenvalue weighted by Gasteiger charge is -2.41. The minimum atomic E-state index is -0.905. The molecule has 0 aliphatic carbocycles. The Morgan fingerprint density at radius 2 is 1.16 bits per heavy atom. The van der Waals surface area contributed by atoms with Crippen molar-refractivity contribution in [3.05, 3.63) is 120 Å². The van der Waals surface area contributed by atoms with Gasteiger partial charge in [-0.05, 0) is 48.0 Å². The van der Waals surface area contributed by atoms with Gasteiger partial charge in [0.2, 0.25) is 0 Å². The van der Waals surface area contributed by atoms with Crippen LogP contribution in [0.25, 0.3) is 10.8 Å². The smallest absolute Gasteiger partial charge is 0.0885 e. The Morgan fingerprint density at radius 3 is 1.71 bits per heavy atom. The molecule has 2 nitrogen and oxygen atoms in total. The van der Waals surface area contributed by atoms with E-state index in [1.165, 1.54) is 16.3 Å². The average molecular weight is 410 g/mol. The summed E-state index contributed by atoms with van der Waals surface area (Å²) in [6.07, 6.45) is 2.01. The molecule has 0 heterocycles. The summed E-state index contributed by atoms with van der Waals surface area (Å²) in [7, 11) is 4.15. The highest BCUT2D eigenvalue weighted by Crippen LogP contribution is 2.29. The fraction of sp³-hybridized carbons (Fsp3) is 0.241. The maximum Gasteiger partial charge on any atom is 0.0885 e. The van der Waals surface area contributed by atoms with Crippen molar-refractivity contribution in [1.29, 1.82) is 0 Å². The van der Waals surface area contributed by atoms with Crippen LogP contribution in [0.2, 0.25) is 0 Å².